The number of amides is 3. The predicted molar refractivity (Wildman–Crippen MR) is 142 cm³/mol. The lowest BCUT2D eigenvalue weighted by molar-refractivity contribution is -0.139. The molecule has 1 aromatic carbocycles. The van der Waals surface area contributed by atoms with Crippen LogP contribution in [0.5, 0.6) is 0 Å². The summed E-state index contributed by atoms with van der Waals surface area (Å²) in [6, 6.07) is 7.61. The number of hydrogen-bond donors (Lipinski definition) is 3. The average Bonchev–Trinajstić information content (AvgIpc) is 3.21. The van der Waals surface area contributed by atoms with Gasteiger partial charge in [-0.1, -0.05) is 37.0 Å². The maximum absolute atomic E-state index is 13.3. The van der Waals surface area contributed by atoms with Crippen molar-refractivity contribution in [2.75, 3.05) is 12.4 Å². The smallest absolute Gasteiger partial charge is 0.277 e. The third-order valence-corrected chi connectivity index (χ3v) is 6.31. The van der Waals surface area contributed by atoms with E-state index >= 15 is 0 Å². The number of hydrogen-bond acceptors (Lipinski definition) is 6. The van der Waals surface area contributed by atoms with Gasteiger partial charge in [-0.3, -0.25) is 19.2 Å². The molecule has 3 N–H and O–H groups in total. The molecule has 0 aliphatic rings. The van der Waals surface area contributed by atoms with Gasteiger partial charge in [0, 0.05) is 28.8 Å². The van der Waals surface area contributed by atoms with E-state index in [4.69, 9.17) is 28.0 Å². The molecule has 14 heteroatoms. The summed E-state index contributed by atoms with van der Waals surface area (Å²) in [4.78, 5) is 47.9. The number of carbonyl (C=O) groups is 3. The minimum absolute atomic E-state index is 0.0110. The van der Waals surface area contributed by atoms with Crippen molar-refractivity contribution in [3.8, 4) is 5.82 Å². The number of hydroxylamine groups is 1. The van der Waals surface area contributed by atoms with Gasteiger partial charge in [0.1, 0.15) is 10.3 Å². The van der Waals surface area contributed by atoms with E-state index in [0.29, 0.717) is 9.08 Å². The normalized spacial score (nSPS) is 11.8. The second kappa shape index (κ2) is 12.2. The summed E-state index contributed by atoms with van der Waals surface area (Å²) in [5, 5.41) is 9.93. The van der Waals surface area contributed by atoms with E-state index < -0.39 is 23.8 Å². The van der Waals surface area contributed by atoms with Gasteiger partial charge >= 0.3 is 0 Å². The van der Waals surface area contributed by atoms with Crippen molar-refractivity contribution in [2.24, 2.45) is 5.92 Å². The van der Waals surface area contributed by atoms with E-state index in [1.54, 1.807) is 26.0 Å². The van der Waals surface area contributed by atoms with Crippen LogP contribution in [0.25, 0.3) is 5.82 Å². The Bertz CT molecular complexity index is 1320. The molecule has 1 unspecified atom stereocenters. The Balaban J connectivity index is 1.92. The summed E-state index contributed by atoms with van der Waals surface area (Å²) in [6.45, 7) is 3.53. The minimum atomic E-state index is -0.936. The number of rotatable bonds is 8. The first-order valence-electron chi connectivity index (χ1n) is 10.4. The van der Waals surface area contributed by atoms with Crippen LogP contribution in [-0.4, -0.2) is 45.6 Å². The van der Waals surface area contributed by atoms with Crippen molar-refractivity contribution >= 4 is 78.5 Å². The lowest BCUT2D eigenvalue weighted by Crippen LogP contribution is -2.42. The molecule has 3 rings (SSSR count). The number of nitrogens with one attached hydrogen (secondary N) is 3. The van der Waals surface area contributed by atoms with Crippen molar-refractivity contribution in [2.45, 2.75) is 20.0 Å². The fourth-order valence-corrected chi connectivity index (χ4v) is 4.56. The second-order valence-electron chi connectivity index (χ2n) is 7.67. The lowest BCUT2D eigenvalue weighted by atomic mass is 10.1. The summed E-state index contributed by atoms with van der Waals surface area (Å²) in [7, 11) is 1.46. The molecule has 0 saturated carbocycles. The molecule has 3 amide bonds. The highest BCUT2D eigenvalue weighted by Gasteiger charge is 2.26. The number of halogens is 4. The molecule has 190 valence electrons. The molecular weight excluding hydrogens is 643 g/mol. The van der Waals surface area contributed by atoms with Gasteiger partial charge in [-0.25, -0.2) is 15.1 Å². The molecule has 3 aromatic rings. The van der Waals surface area contributed by atoms with Crippen LogP contribution >= 0.6 is 55.1 Å². The van der Waals surface area contributed by atoms with E-state index in [9.17, 15) is 14.4 Å². The van der Waals surface area contributed by atoms with E-state index in [-0.39, 0.29) is 38.7 Å². The Labute approximate surface area is 233 Å². The zero-order chi connectivity index (χ0) is 26.6. The van der Waals surface area contributed by atoms with Gasteiger partial charge < -0.3 is 10.6 Å². The van der Waals surface area contributed by atoms with Crippen molar-refractivity contribution in [3.05, 3.63) is 66.9 Å². The molecule has 0 aliphatic carbocycles. The number of anilines is 1. The van der Waals surface area contributed by atoms with Crippen molar-refractivity contribution in [1.29, 1.82) is 0 Å². The molecule has 0 radical (unpaired) electrons. The Hall–Kier alpha value is -2.51. The maximum atomic E-state index is 13.3. The van der Waals surface area contributed by atoms with Gasteiger partial charge in [-0.05, 0) is 62.0 Å². The molecule has 36 heavy (non-hydrogen) atoms. The molecule has 0 aliphatic heterocycles. The van der Waals surface area contributed by atoms with E-state index in [2.05, 4.69) is 58.1 Å². The van der Waals surface area contributed by atoms with Gasteiger partial charge in [-0.2, -0.15) is 5.10 Å². The third-order valence-electron chi connectivity index (χ3n) is 4.78. The summed E-state index contributed by atoms with van der Waals surface area (Å²) in [6.07, 6.45) is 0.578. The van der Waals surface area contributed by atoms with Gasteiger partial charge in [0.15, 0.2) is 11.9 Å². The third kappa shape index (κ3) is 6.43. The van der Waals surface area contributed by atoms with Gasteiger partial charge in [-0.15, -0.1) is 0 Å². The minimum Gasteiger partial charge on any atom is -0.357 e. The number of likely N-dealkylation sites (N-methyl/N-ethyl adjacent to an activating group) is 1. The monoisotopic (exact) mass is 660 g/mol. The Morgan fingerprint density at radius 3 is 2.47 bits per heavy atom. The highest BCUT2D eigenvalue weighted by Crippen LogP contribution is 2.32. The number of aromatic nitrogens is 3. The van der Waals surface area contributed by atoms with E-state index in [1.165, 1.54) is 36.1 Å². The standard InChI is InChI=1S/C22H20Br2Cl2N6O4/c1-10(2)18(22(35)27-3)36-31-20(33)12-7-11(25)8-13(23)17(12)29-21(34)15-9-16(24)30-32(15)19-14(26)5-4-6-28-19/h4-10,18H,1-3H3,(H,27,35)(H,29,34)(H,31,33). The van der Waals surface area contributed by atoms with Crippen LogP contribution in [-0.2, 0) is 9.63 Å². The Morgan fingerprint density at radius 1 is 1.11 bits per heavy atom. The first kappa shape index (κ1) is 28.1. The summed E-state index contributed by atoms with van der Waals surface area (Å²) >= 11 is 19.0. The SMILES string of the molecule is CNC(=O)C(ONC(=O)c1cc(Cl)cc(Br)c1NC(=O)c1cc(Br)nn1-c1ncccc1Cl)C(C)C. The number of benzene rings is 1. The maximum Gasteiger partial charge on any atom is 0.277 e. The molecular formula is C22H20Br2Cl2N6O4. The zero-order valence-corrected chi connectivity index (χ0v) is 23.8. The van der Waals surface area contributed by atoms with Crippen LogP contribution in [0, 0.1) is 5.92 Å². The largest absolute Gasteiger partial charge is 0.357 e. The highest BCUT2D eigenvalue weighted by atomic mass is 79.9. The number of carbonyl (C=O) groups excluding carboxylic acids is 3. The van der Waals surface area contributed by atoms with Gasteiger partial charge in [0.2, 0.25) is 0 Å². The summed E-state index contributed by atoms with van der Waals surface area (Å²) < 4.78 is 1.97. The first-order valence-corrected chi connectivity index (χ1v) is 12.7. The zero-order valence-electron chi connectivity index (χ0n) is 19.1. The van der Waals surface area contributed by atoms with Crippen LogP contribution in [0.15, 0.2) is 45.6 Å². The van der Waals surface area contributed by atoms with Crippen molar-refractivity contribution in [1.82, 2.24) is 25.6 Å². The Kier molecular flexibility index (Phi) is 9.47. The quantitative estimate of drug-likeness (QED) is 0.298. The molecule has 2 heterocycles. The van der Waals surface area contributed by atoms with Crippen LogP contribution in [0.3, 0.4) is 0 Å². The van der Waals surface area contributed by atoms with Crippen molar-refractivity contribution < 1.29 is 19.2 Å². The highest BCUT2D eigenvalue weighted by molar-refractivity contribution is 9.10. The summed E-state index contributed by atoms with van der Waals surface area (Å²) in [5.74, 6) is -1.74. The molecule has 10 nitrogen and oxygen atoms in total. The van der Waals surface area contributed by atoms with Crippen LogP contribution in [0.2, 0.25) is 10.0 Å². The molecule has 2 aromatic heterocycles. The second-order valence-corrected chi connectivity index (χ2v) is 10.2. The van der Waals surface area contributed by atoms with Gasteiger partial charge in [0.05, 0.1) is 16.3 Å². The lowest BCUT2D eigenvalue weighted by Gasteiger charge is -2.20. The van der Waals surface area contributed by atoms with Crippen molar-refractivity contribution in [3.63, 3.8) is 0 Å². The fourth-order valence-electron chi connectivity index (χ4n) is 3.07. The molecule has 0 spiro atoms. The summed E-state index contributed by atoms with van der Waals surface area (Å²) in [5.41, 5.74) is 2.46. The molecule has 0 bridgehead atoms. The number of nitrogens with zero attached hydrogens (tertiary/aromatic N) is 3. The van der Waals surface area contributed by atoms with E-state index in [0.717, 1.165) is 0 Å². The first-order chi connectivity index (χ1) is 17.0. The molecule has 0 saturated heterocycles. The molecule has 1 atom stereocenters. The van der Waals surface area contributed by atoms with Gasteiger partial charge in [0.25, 0.3) is 17.7 Å². The predicted octanol–water partition coefficient (Wildman–Crippen LogP) is 4.78. The number of pyridine rings is 1. The van der Waals surface area contributed by atoms with E-state index in [1.807, 2.05) is 0 Å². The van der Waals surface area contributed by atoms with Crippen LogP contribution in [0.1, 0.15) is 34.7 Å². The fraction of sp³-hybridized carbons (Fsp3) is 0.227. The Morgan fingerprint density at radius 2 is 1.83 bits per heavy atom. The topological polar surface area (TPSA) is 127 Å². The van der Waals surface area contributed by atoms with Crippen LogP contribution < -0.4 is 16.1 Å². The average molecular weight is 663 g/mol. The van der Waals surface area contributed by atoms with Crippen LogP contribution in [0.4, 0.5) is 5.69 Å². The molecule has 0 fully saturated rings.